The monoisotopic (exact) mass is 259 g/mol. The lowest BCUT2D eigenvalue weighted by Gasteiger charge is -2.01. The van der Waals surface area contributed by atoms with Gasteiger partial charge in [-0.25, -0.2) is 9.07 Å². The second kappa shape index (κ2) is 4.80. The van der Waals surface area contributed by atoms with Gasteiger partial charge in [-0.1, -0.05) is 22.9 Å². The van der Waals surface area contributed by atoms with Crippen LogP contribution < -0.4 is 0 Å². The number of hydrogen-bond donors (Lipinski definition) is 0. The van der Waals surface area contributed by atoms with Gasteiger partial charge in [0.05, 0.1) is 29.3 Å². The summed E-state index contributed by atoms with van der Waals surface area (Å²) < 4.78 is 14.5. The van der Waals surface area contributed by atoms with Crippen LogP contribution in [0.4, 0.5) is 4.39 Å². The highest BCUT2D eigenvalue weighted by Crippen LogP contribution is 2.16. The Morgan fingerprint density at radius 1 is 1.38 bits per heavy atom. The summed E-state index contributed by atoms with van der Waals surface area (Å²) in [5.74, 6) is -0.102. The molecule has 16 heavy (non-hydrogen) atoms. The number of hydrogen-bond acceptors (Lipinski definition) is 2. The lowest BCUT2D eigenvalue weighted by atomic mass is 10.2. The van der Waals surface area contributed by atoms with Gasteiger partial charge in [0.15, 0.2) is 0 Å². The fourth-order valence-corrected chi connectivity index (χ4v) is 1.63. The molecule has 1 aromatic heterocycles. The van der Waals surface area contributed by atoms with E-state index in [1.807, 2.05) is 0 Å². The smallest absolute Gasteiger partial charge is 0.141 e. The zero-order valence-corrected chi connectivity index (χ0v) is 9.71. The van der Waals surface area contributed by atoms with E-state index in [1.165, 1.54) is 6.07 Å². The normalized spacial score (nSPS) is 10.7. The SMILES string of the molecule is Fc1ccc(Cn2cc(CCl)nn2)cc1Cl. The predicted molar refractivity (Wildman–Crippen MR) is 60.1 cm³/mol. The fraction of sp³-hybridized carbons (Fsp3) is 0.200. The fourth-order valence-electron chi connectivity index (χ4n) is 1.30. The van der Waals surface area contributed by atoms with Crippen molar-refractivity contribution in [3.63, 3.8) is 0 Å². The van der Waals surface area contributed by atoms with Gasteiger partial charge >= 0.3 is 0 Å². The first-order valence-electron chi connectivity index (χ1n) is 4.58. The number of aromatic nitrogens is 3. The van der Waals surface area contributed by atoms with Crippen LogP contribution in [0.5, 0.6) is 0 Å². The summed E-state index contributed by atoms with van der Waals surface area (Å²) in [6.07, 6.45) is 1.74. The van der Waals surface area contributed by atoms with Gasteiger partial charge in [0.1, 0.15) is 5.82 Å². The first-order chi connectivity index (χ1) is 7.69. The molecular weight excluding hydrogens is 252 g/mol. The largest absolute Gasteiger partial charge is 0.248 e. The molecule has 0 N–H and O–H groups in total. The molecule has 0 fully saturated rings. The van der Waals surface area contributed by atoms with Gasteiger partial charge < -0.3 is 0 Å². The van der Waals surface area contributed by atoms with Crippen LogP contribution in [0.1, 0.15) is 11.3 Å². The van der Waals surface area contributed by atoms with E-state index >= 15 is 0 Å². The number of benzene rings is 1. The summed E-state index contributed by atoms with van der Waals surface area (Å²) in [5.41, 5.74) is 1.56. The molecule has 1 aromatic carbocycles. The highest BCUT2D eigenvalue weighted by atomic mass is 35.5. The van der Waals surface area contributed by atoms with Crippen LogP contribution in [0.15, 0.2) is 24.4 Å². The Kier molecular flexibility index (Phi) is 3.41. The van der Waals surface area contributed by atoms with E-state index < -0.39 is 5.82 Å². The Hall–Kier alpha value is -1.13. The third-order valence-electron chi connectivity index (χ3n) is 2.05. The van der Waals surface area contributed by atoms with E-state index in [0.717, 1.165) is 5.56 Å². The Bertz CT molecular complexity index is 499. The first kappa shape index (κ1) is 11.4. The zero-order valence-electron chi connectivity index (χ0n) is 8.20. The molecule has 3 nitrogen and oxygen atoms in total. The van der Waals surface area contributed by atoms with Gasteiger partial charge in [-0.3, -0.25) is 0 Å². The van der Waals surface area contributed by atoms with Crippen molar-refractivity contribution in [3.05, 3.63) is 46.5 Å². The zero-order chi connectivity index (χ0) is 11.5. The molecular formula is C10H8Cl2FN3. The predicted octanol–water partition coefficient (Wildman–Crippen LogP) is 2.86. The molecule has 0 aliphatic rings. The molecule has 0 aliphatic heterocycles. The van der Waals surface area contributed by atoms with Gasteiger partial charge in [0.2, 0.25) is 0 Å². The molecule has 0 aliphatic carbocycles. The lowest BCUT2D eigenvalue weighted by Crippen LogP contribution is -2.00. The molecule has 84 valence electrons. The molecule has 0 spiro atoms. The van der Waals surface area contributed by atoms with E-state index in [9.17, 15) is 4.39 Å². The van der Waals surface area contributed by atoms with E-state index in [-0.39, 0.29) is 5.02 Å². The van der Waals surface area contributed by atoms with Crippen molar-refractivity contribution < 1.29 is 4.39 Å². The maximum atomic E-state index is 12.9. The van der Waals surface area contributed by atoms with Crippen LogP contribution in [-0.2, 0) is 12.4 Å². The average molecular weight is 260 g/mol. The molecule has 0 radical (unpaired) electrons. The lowest BCUT2D eigenvalue weighted by molar-refractivity contribution is 0.622. The average Bonchev–Trinajstić information content (AvgIpc) is 2.71. The molecule has 0 unspecified atom stereocenters. The van der Waals surface area contributed by atoms with Crippen LogP contribution in [-0.4, -0.2) is 15.0 Å². The minimum absolute atomic E-state index is 0.107. The van der Waals surface area contributed by atoms with Gasteiger partial charge in [0, 0.05) is 0 Å². The van der Waals surface area contributed by atoms with Crippen molar-refractivity contribution in [2.75, 3.05) is 0 Å². The molecule has 0 saturated heterocycles. The highest BCUT2D eigenvalue weighted by molar-refractivity contribution is 6.30. The van der Waals surface area contributed by atoms with E-state index in [2.05, 4.69) is 10.3 Å². The van der Waals surface area contributed by atoms with Crippen LogP contribution in [0.2, 0.25) is 5.02 Å². The van der Waals surface area contributed by atoms with Crippen LogP contribution >= 0.6 is 23.2 Å². The van der Waals surface area contributed by atoms with Gasteiger partial charge in [0.25, 0.3) is 0 Å². The Labute approximate surface area is 102 Å². The summed E-state index contributed by atoms with van der Waals surface area (Å²) in [4.78, 5) is 0. The van der Waals surface area contributed by atoms with Gasteiger partial charge in [-0.15, -0.1) is 16.7 Å². The summed E-state index contributed by atoms with van der Waals surface area (Å²) in [5, 5.41) is 7.83. The van der Waals surface area contributed by atoms with Crippen LogP contribution in [0.25, 0.3) is 0 Å². The molecule has 0 amide bonds. The molecule has 2 aromatic rings. The van der Waals surface area contributed by atoms with Crippen molar-refractivity contribution in [2.45, 2.75) is 12.4 Å². The Balaban J connectivity index is 2.17. The third kappa shape index (κ3) is 2.51. The second-order valence-corrected chi connectivity index (χ2v) is 3.96. The molecule has 6 heteroatoms. The van der Waals surface area contributed by atoms with Crippen molar-refractivity contribution in [1.29, 1.82) is 0 Å². The molecule has 0 saturated carbocycles. The summed E-state index contributed by atoms with van der Waals surface area (Å²) >= 11 is 11.3. The maximum absolute atomic E-state index is 12.9. The summed E-state index contributed by atoms with van der Waals surface area (Å²) in [6, 6.07) is 4.55. The third-order valence-corrected chi connectivity index (χ3v) is 2.62. The van der Waals surface area contributed by atoms with Gasteiger partial charge in [-0.05, 0) is 17.7 Å². The standard InChI is InChI=1S/C10H8Cl2FN3/c11-4-8-6-16(15-14-8)5-7-1-2-10(13)9(12)3-7/h1-3,6H,4-5H2. The Morgan fingerprint density at radius 3 is 2.81 bits per heavy atom. The number of alkyl halides is 1. The molecule has 0 atom stereocenters. The second-order valence-electron chi connectivity index (χ2n) is 3.29. The van der Waals surface area contributed by atoms with Crippen molar-refractivity contribution >= 4 is 23.2 Å². The van der Waals surface area contributed by atoms with E-state index in [4.69, 9.17) is 23.2 Å². The topological polar surface area (TPSA) is 30.7 Å². The molecule has 2 rings (SSSR count). The van der Waals surface area contributed by atoms with Crippen LogP contribution in [0.3, 0.4) is 0 Å². The number of nitrogens with zero attached hydrogens (tertiary/aromatic N) is 3. The maximum Gasteiger partial charge on any atom is 0.141 e. The molecule has 1 heterocycles. The first-order valence-corrected chi connectivity index (χ1v) is 5.49. The van der Waals surface area contributed by atoms with E-state index in [0.29, 0.717) is 18.1 Å². The summed E-state index contributed by atoms with van der Waals surface area (Å²) in [7, 11) is 0. The van der Waals surface area contributed by atoms with Crippen molar-refractivity contribution in [3.8, 4) is 0 Å². The van der Waals surface area contributed by atoms with Gasteiger partial charge in [-0.2, -0.15) is 0 Å². The van der Waals surface area contributed by atoms with Crippen molar-refractivity contribution in [1.82, 2.24) is 15.0 Å². The molecule has 0 bridgehead atoms. The quantitative estimate of drug-likeness (QED) is 0.794. The number of halogens is 3. The van der Waals surface area contributed by atoms with Crippen molar-refractivity contribution in [2.24, 2.45) is 0 Å². The minimum atomic E-state index is -0.426. The Morgan fingerprint density at radius 2 is 2.19 bits per heavy atom. The van der Waals surface area contributed by atoms with E-state index in [1.54, 1.807) is 23.0 Å². The number of rotatable bonds is 3. The summed E-state index contributed by atoms with van der Waals surface area (Å²) in [6.45, 7) is 0.490. The highest BCUT2D eigenvalue weighted by Gasteiger charge is 2.03. The minimum Gasteiger partial charge on any atom is -0.248 e. The van der Waals surface area contributed by atoms with Crippen LogP contribution in [0, 0.1) is 5.82 Å².